The number of nitrogens with zero attached hydrogens (tertiary/aromatic N) is 1. The van der Waals surface area contributed by atoms with E-state index in [1.165, 1.54) is 295 Å². The first-order chi connectivity index (χ1) is 39.9. The topological polar surface area (TPSA) is 114 Å². The van der Waals surface area contributed by atoms with Crippen molar-refractivity contribution < 1.29 is 37.3 Å². The minimum absolute atomic E-state index is 0.0163. The van der Waals surface area contributed by atoms with Gasteiger partial charge in [-0.05, 0) is 31.8 Å². The van der Waals surface area contributed by atoms with Crippen LogP contribution >= 0.6 is 7.82 Å². The fourth-order valence-electron chi connectivity index (χ4n) is 11.4. The van der Waals surface area contributed by atoms with Gasteiger partial charge in [0.2, 0.25) is 5.91 Å². The number of rotatable bonds is 68. The summed E-state index contributed by atoms with van der Waals surface area (Å²) in [6, 6.07) is -0.881. The number of unbranched alkanes of at least 4 members (excludes halogenated alkanes) is 52. The number of phosphoric ester groups is 1. The molecule has 3 atom stereocenters. The summed E-state index contributed by atoms with van der Waals surface area (Å²) in [6.07, 6.45) is 74.8. The number of esters is 1. The van der Waals surface area contributed by atoms with Gasteiger partial charge in [-0.3, -0.25) is 14.2 Å². The zero-order chi connectivity index (χ0) is 60.0. The van der Waals surface area contributed by atoms with Gasteiger partial charge >= 0.3 is 5.97 Å². The van der Waals surface area contributed by atoms with Gasteiger partial charge < -0.3 is 28.5 Å². The lowest BCUT2D eigenvalue weighted by molar-refractivity contribution is -0.870. The van der Waals surface area contributed by atoms with Gasteiger partial charge in [0.25, 0.3) is 7.82 Å². The fourth-order valence-corrected chi connectivity index (χ4v) is 12.1. The van der Waals surface area contributed by atoms with E-state index < -0.39 is 20.0 Å². The van der Waals surface area contributed by atoms with E-state index >= 15 is 0 Å². The molecule has 0 rings (SSSR count). The smallest absolute Gasteiger partial charge is 0.306 e. The van der Waals surface area contributed by atoms with E-state index in [0.717, 1.165) is 57.8 Å². The second kappa shape index (κ2) is 62.8. The van der Waals surface area contributed by atoms with Crippen LogP contribution in [-0.2, 0) is 27.9 Å². The SMILES string of the molecule is CCCCCCCCCCCC/C=C/C(OC(=O)CCCCCCCCCCCCCCCCCCCCCCC)C(COP(=O)([O-])OCC[N+](C)(C)C)NC(=O)CCCCCCCCCCCCCCCCCCCCCCCCC. The Kier molecular flexibility index (Phi) is 61.8. The lowest BCUT2D eigenvalue weighted by Crippen LogP contribution is -2.47. The van der Waals surface area contributed by atoms with Crippen molar-refractivity contribution in [3.8, 4) is 0 Å². The number of quaternary nitrogens is 1. The molecular formula is C72H143N2O7P. The van der Waals surface area contributed by atoms with Crippen LogP contribution in [0.5, 0.6) is 0 Å². The van der Waals surface area contributed by atoms with Crippen LogP contribution in [0.4, 0.5) is 0 Å². The van der Waals surface area contributed by atoms with Crippen molar-refractivity contribution in [1.82, 2.24) is 5.32 Å². The Morgan fingerprint density at radius 2 is 0.695 bits per heavy atom. The van der Waals surface area contributed by atoms with E-state index in [2.05, 4.69) is 26.1 Å². The summed E-state index contributed by atoms with van der Waals surface area (Å²) in [5.41, 5.74) is 0. The van der Waals surface area contributed by atoms with Gasteiger partial charge in [-0.2, -0.15) is 0 Å². The molecule has 82 heavy (non-hydrogen) atoms. The number of carbonyl (C=O) groups is 2. The van der Waals surface area contributed by atoms with Gasteiger partial charge in [-0.25, -0.2) is 0 Å². The van der Waals surface area contributed by atoms with Gasteiger partial charge in [0.05, 0.1) is 33.8 Å². The van der Waals surface area contributed by atoms with Crippen molar-refractivity contribution in [2.24, 2.45) is 0 Å². The Balaban J connectivity index is 5.00. The third kappa shape index (κ3) is 63.3. The van der Waals surface area contributed by atoms with Gasteiger partial charge in [0, 0.05) is 12.8 Å². The monoisotopic (exact) mass is 1180 g/mol. The average Bonchev–Trinajstić information content (AvgIpc) is 3.44. The summed E-state index contributed by atoms with van der Waals surface area (Å²) in [7, 11) is 1.21. The molecule has 0 saturated heterocycles. The highest BCUT2D eigenvalue weighted by atomic mass is 31.2. The van der Waals surface area contributed by atoms with E-state index in [0.29, 0.717) is 17.4 Å². The van der Waals surface area contributed by atoms with Gasteiger partial charge in [-0.15, -0.1) is 0 Å². The maximum absolute atomic E-state index is 13.6. The van der Waals surface area contributed by atoms with Crippen LogP contribution in [0.25, 0.3) is 0 Å². The van der Waals surface area contributed by atoms with Gasteiger partial charge in [-0.1, -0.05) is 354 Å². The molecule has 0 saturated carbocycles. The quantitative estimate of drug-likeness (QED) is 0.0212. The van der Waals surface area contributed by atoms with E-state index in [4.69, 9.17) is 13.8 Å². The third-order valence-corrected chi connectivity index (χ3v) is 17.9. The molecule has 0 heterocycles. The predicted octanol–water partition coefficient (Wildman–Crippen LogP) is 22.4. The van der Waals surface area contributed by atoms with Crippen LogP contribution in [0.1, 0.15) is 387 Å². The Morgan fingerprint density at radius 1 is 0.415 bits per heavy atom. The Morgan fingerprint density at radius 3 is 1.00 bits per heavy atom. The van der Waals surface area contributed by atoms with Crippen LogP contribution < -0.4 is 10.2 Å². The highest BCUT2D eigenvalue weighted by molar-refractivity contribution is 7.45. The number of phosphoric acid groups is 1. The van der Waals surface area contributed by atoms with Gasteiger partial charge in [0.15, 0.2) is 0 Å². The van der Waals surface area contributed by atoms with Crippen LogP contribution in [0.3, 0.4) is 0 Å². The molecule has 0 aliphatic heterocycles. The molecule has 10 heteroatoms. The lowest BCUT2D eigenvalue weighted by Gasteiger charge is -2.30. The summed E-state index contributed by atoms with van der Waals surface area (Å²) < 4.78 is 30.5. The van der Waals surface area contributed by atoms with E-state index in [9.17, 15) is 19.0 Å². The second-order valence-electron chi connectivity index (χ2n) is 26.5. The molecule has 0 aromatic heterocycles. The number of likely N-dealkylation sites (N-methyl/N-ethyl adjacent to an activating group) is 1. The van der Waals surface area contributed by atoms with E-state index in [1.807, 2.05) is 33.3 Å². The summed E-state index contributed by atoms with van der Waals surface area (Å²) in [4.78, 5) is 40.2. The summed E-state index contributed by atoms with van der Waals surface area (Å²) in [5.74, 6) is -0.512. The van der Waals surface area contributed by atoms with Crippen LogP contribution in [-0.4, -0.2) is 69.4 Å². The number of nitrogens with one attached hydrogen (secondary N) is 1. The normalized spacial score (nSPS) is 13.5. The Bertz CT molecular complexity index is 1410. The lowest BCUT2D eigenvalue weighted by atomic mass is 10.0. The molecule has 488 valence electrons. The number of hydrogen-bond acceptors (Lipinski definition) is 7. The van der Waals surface area contributed by atoms with Crippen molar-refractivity contribution in [3.05, 3.63) is 12.2 Å². The number of hydrogen-bond donors (Lipinski definition) is 1. The molecule has 0 aliphatic rings. The van der Waals surface area contributed by atoms with Crippen molar-refractivity contribution in [2.75, 3.05) is 40.9 Å². The van der Waals surface area contributed by atoms with E-state index in [1.54, 1.807) is 0 Å². The number of carbonyl (C=O) groups excluding carboxylic acids is 2. The number of amides is 1. The molecule has 1 N–H and O–H groups in total. The molecule has 0 radical (unpaired) electrons. The second-order valence-corrected chi connectivity index (χ2v) is 27.9. The maximum Gasteiger partial charge on any atom is 0.306 e. The molecule has 0 fully saturated rings. The van der Waals surface area contributed by atoms with E-state index in [-0.39, 0.29) is 31.5 Å². The molecule has 0 spiro atoms. The van der Waals surface area contributed by atoms with Crippen LogP contribution in [0.15, 0.2) is 12.2 Å². The maximum atomic E-state index is 13.6. The summed E-state index contributed by atoms with van der Waals surface area (Å²) in [5, 5.41) is 3.05. The first-order valence-electron chi connectivity index (χ1n) is 36.5. The third-order valence-electron chi connectivity index (χ3n) is 17.0. The zero-order valence-electron chi connectivity index (χ0n) is 56.0. The Hall–Kier alpha value is -1.25. The van der Waals surface area contributed by atoms with Crippen molar-refractivity contribution >= 4 is 19.7 Å². The minimum atomic E-state index is -4.70. The first kappa shape index (κ1) is 80.8. The fraction of sp³-hybridized carbons (Fsp3) is 0.944. The van der Waals surface area contributed by atoms with Crippen molar-refractivity contribution in [3.63, 3.8) is 0 Å². The molecule has 0 bridgehead atoms. The zero-order valence-corrected chi connectivity index (χ0v) is 56.9. The number of allylic oxidation sites excluding steroid dienone is 1. The molecule has 3 unspecified atom stereocenters. The largest absolute Gasteiger partial charge is 0.756 e. The highest BCUT2D eigenvalue weighted by Gasteiger charge is 2.27. The van der Waals surface area contributed by atoms with Crippen LogP contribution in [0, 0.1) is 0 Å². The summed E-state index contributed by atoms with van der Waals surface area (Å²) >= 11 is 0. The number of ether oxygens (including phenoxy) is 1. The molecule has 0 aromatic rings. The standard InChI is InChI=1S/C72H143N2O7P/c1-7-10-13-16-19-22-25-28-30-32-34-36-37-39-40-42-44-46-49-52-55-58-61-64-71(75)73-69(68-80-82(77,78)79-67-66-74(4,5)6)70(63-60-57-54-51-48-27-24-21-18-15-12-9-3)81-72(76)65-62-59-56-53-50-47-45-43-41-38-35-33-31-29-26-23-20-17-14-11-8-2/h60,63,69-70H,7-59,61-62,64-68H2,1-6H3,(H-,73,75,77,78)/b63-60+. The molecule has 0 aliphatic carbocycles. The molecular weight excluding hydrogens is 1040 g/mol. The minimum Gasteiger partial charge on any atom is -0.756 e. The Labute approximate surface area is 511 Å². The molecule has 1 amide bonds. The predicted molar refractivity (Wildman–Crippen MR) is 354 cm³/mol. The average molecular weight is 1180 g/mol. The van der Waals surface area contributed by atoms with Crippen LogP contribution in [0.2, 0.25) is 0 Å². The van der Waals surface area contributed by atoms with Gasteiger partial charge in [0.1, 0.15) is 19.3 Å². The van der Waals surface area contributed by atoms with Crippen molar-refractivity contribution in [2.45, 2.75) is 399 Å². The first-order valence-corrected chi connectivity index (χ1v) is 38.0. The van der Waals surface area contributed by atoms with Crippen molar-refractivity contribution in [1.29, 1.82) is 0 Å². The summed E-state index contributed by atoms with van der Waals surface area (Å²) in [6.45, 7) is 6.93. The highest BCUT2D eigenvalue weighted by Crippen LogP contribution is 2.38. The molecule has 0 aromatic carbocycles. The molecule has 9 nitrogen and oxygen atoms in total.